The molecule has 0 saturated heterocycles. The third-order valence-electron chi connectivity index (χ3n) is 3.87. The van der Waals surface area contributed by atoms with Gasteiger partial charge in [0.2, 0.25) is 5.91 Å². The van der Waals surface area contributed by atoms with Crippen LogP contribution in [0.3, 0.4) is 0 Å². The summed E-state index contributed by atoms with van der Waals surface area (Å²) in [6.45, 7) is 1.61. The number of nitrogens with one attached hydrogen (secondary N) is 1. The molecule has 0 bridgehead atoms. The number of para-hydroxylation sites is 1. The van der Waals surface area contributed by atoms with Gasteiger partial charge in [-0.3, -0.25) is 4.79 Å². The Hall–Kier alpha value is -2.56. The number of fused-ring (bicyclic) bond motifs is 1. The topological polar surface area (TPSA) is 58.4 Å². The summed E-state index contributed by atoms with van der Waals surface area (Å²) in [6.07, 6.45) is 1.40. The minimum atomic E-state index is -0.480. The van der Waals surface area contributed by atoms with Gasteiger partial charge in [-0.05, 0) is 36.2 Å². The highest BCUT2D eigenvalue weighted by molar-refractivity contribution is 5.91. The lowest BCUT2D eigenvalue weighted by Gasteiger charge is -2.19. The van der Waals surface area contributed by atoms with Crippen molar-refractivity contribution >= 4 is 23.0 Å². The van der Waals surface area contributed by atoms with Gasteiger partial charge in [-0.2, -0.15) is 0 Å². The van der Waals surface area contributed by atoms with Crippen LogP contribution in [0, 0.1) is 5.82 Å². The van der Waals surface area contributed by atoms with Gasteiger partial charge in [0, 0.05) is 30.9 Å². The first kappa shape index (κ1) is 14.4. The Morgan fingerprint density at radius 3 is 2.91 bits per heavy atom. The molecule has 4 nitrogen and oxygen atoms in total. The van der Waals surface area contributed by atoms with E-state index in [0.29, 0.717) is 18.7 Å². The summed E-state index contributed by atoms with van der Waals surface area (Å²) in [7, 11) is 0. The van der Waals surface area contributed by atoms with Crippen molar-refractivity contribution in [3.8, 4) is 0 Å². The molecule has 3 rings (SSSR count). The summed E-state index contributed by atoms with van der Waals surface area (Å²) in [5, 5.41) is 2.75. The summed E-state index contributed by atoms with van der Waals surface area (Å²) in [5.74, 6) is -0.581. The molecule has 1 heterocycles. The number of rotatable bonds is 4. The quantitative estimate of drug-likeness (QED) is 0.854. The molecule has 3 N–H and O–H groups in total. The molecule has 0 radical (unpaired) electrons. The van der Waals surface area contributed by atoms with Gasteiger partial charge >= 0.3 is 0 Å². The molecule has 0 unspecified atom stereocenters. The number of nitrogen functional groups attached to an aromatic ring is 1. The third kappa shape index (κ3) is 3.03. The Kier molecular flexibility index (Phi) is 3.96. The van der Waals surface area contributed by atoms with Crippen molar-refractivity contribution in [2.75, 3.05) is 29.0 Å². The van der Waals surface area contributed by atoms with Gasteiger partial charge in [-0.25, -0.2) is 4.39 Å². The standard InChI is InChI=1S/C17H18FN3O/c18-14-6-5-13(11-15(14)19)20-17(22)8-10-21-9-7-12-3-1-2-4-16(12)21/h1-6,11H,7-10,19H2,(H,20,22). The number of nitrogens with two attached hydrogens (primary N) is 1. The van der Waals surface area contributed by atoms with Gasteiger partial charge in [0.05, 0.1) is 5.69 Å². The van der Waals surface area contributed by atoms with Crippen LogP contribution in [0.15, 0.2) is 42.5 Å². The first-order chi connectivity index (χ1) is 10.6. The molecule has 1 aliphatic rings. The third-order valence-corrected chi connectivity index (χ3v) is 3.87. The molecular weight excluding hydrogens is 281 g/mol. The molecule has 114 valence electrons. The van der Waals surface area contributed by atoms with E-state index in [4.69, 9.17) is 5.73 Å². The maximum absolute atomic E-state index is 13.1. The number of nitrogens with zero attached hydrogens (tertiary/aromatic N) is 1. The molecule has 1 amide bonds. The van der Waals surface area contributed by atoms with E-state index >= 15 is 0 Å². The van der Waals surface area contributed by atoms with Crippen LogP contribution in [-0.4, -0.2) is 19.0 Å². The van der Waals surface area contributed by atoms with Gasteiger partial charge in [0.25, 0.3) is 0 Å². The van der Waals surface area contributed by atoms with E-state index in [2.05, 4.69) is 22.3 Å². The van der Waals surface area contributed by atoms with Crippen LogP contribution in [-0.2, 0) is 11.2 Å². The molecule has 2 aromatic carbocycles. The van der Waals surface area contributed by atoms with Crippen LogP contribution in [0.4, 0.5) is 21.5 Å². The lowest BCUT2D eigenvalue weighted by molar-refractivity contribution is -0.116. The van der Waals surface area contributed by atoms with Crippen LogP contribution < -0.4 is 16.0 Å². The minimum Gasteiger partial charge on any atom is -0.396 e. The van der Waals surface area contributed by atoms with Crippen LogP contribution in [0.2, 0.25) is 0 Å². The maximum Gasteiger partial charge on any atom is 0.226 e. The predicted molar refractivity (Wildman–Crippen MR) is 86.4 cm³/mol. The van der Waals surface area contributed by atoms with E-state index < -0.39 is 5.82 Å². The summed E-state index contributed by atoms with van der Waals surface area (Å²) in [4.78, 5) is 14.2. The Balaban J connectivity index is 1.56. The first-order valence-electron chi connectivity index (χ1n) is 7.31. The second kappa shape index (κ2) is 6.05. The van der Waals surface area contributed by atoms with Crippen LogP contribution in [0.5, 0.6) is 0 Å². The molecule has 0 aliphatic carbocycles. The fraction of sp³-hybridized carbons (Fsp3) is 0.235. The molecule has 0 aromatic heterocycles. The number of hydrogen-bond acceptors (Lipinski definition) is 3. The summed E-state index contributed by atoms with van der Waals surface area (Å²) >= 11 is 0. The second-order valence-corrected chi connectivity index (χ2v) is 5.40. The summed E-state index contributed by atoms with van der Waals surface area (Å²) in [5.41, 5.74) is 8.58. The SMILES string of the molecule is Nc1cc(NC(=O)CCN2CCc3ccccc32)ccc1F. The highest BCUT2D eigenvalue weighted by Gasteiger charge is 2.18. The Bertz CT molecular complexity index is 702. The van der Waals surface area contributed by atoms with E-state index in [9.17, 15) is 9.18 Å². The highest BCUT2D eigenvalue weighted by atomic mass is 19.1. The Morgan fingerprint density at radius 2 is 2.09 bits per heavy atom. The van der Waals surface area contributed by atoms with E-state index in [1.165, 1.54) is 29.4 Å². The van der Waals surface area contributed by atoms with Gasteiger partial charge < -0.3 is 16.0 Å². The average Bonchev–Trinajstić information content (AvgIpc) is 2.92. The predicted octanol–water partition coefficient (Wildman–Crippen LogP) is 2.80. The number of hydrogen-bond donors (Lipinski definition) is 2. The second-order valence-electron chi connectivity index (χ2n) is 5.40. The van der Waals surface area contributed by atoms with Gasteiger partial charge in [0.1, 0.15) is 5.82 Å². The van der Waals surface area contributed by atoms with Gasteiger partial charge in [0.15, 0.2) is 0 Å². The van der Waals surface area contributed by atoms with Crippen molar-refractivity contribution < 1.29 is 9.18 Å². The number of benzene rings is 2. The molecule has 0 saturated carbocycles. The Morgan fingerprint density at radius 1 is 1.27 bits per heavy atom. The van der Waals surface area contributed by atoms with Crippen LogP contribution >= 0.6 is 0 Å². The molecule has 0 spiro atoms. The van der Waals surface area contributed by atoms with Crippen molar-refractivity contribution in [1.29, 1.82) is 0 Å². The minimum absolute atomic E-state index is 0.0336. The molecule has 5 heteroatoms. The zero-order valence-electron chi connectivity index (χ0n) is 12.2. The van der Waals surface area contributed by atoms with Crippen molar-refractivity contribution in [1.82, 2.24) is 0 Å². The Labute approximate surface area is 128 Å². The largest absolute Gasteiger partial charge is 0.396 e. The molecule has 0 fully saturated rings. The molecule has 2 aromatic rings. The fourth-order valence-electron chi connectivity index (χ4n) is 2.72. The number of amides is 1. The molecular formula is C17H18FN3O. The number of halogens is 1. The van der Waals surface area contributed by atoms with E-state index in [1.54, 1.807) is 0 Å². The summed E-state index contributed by atoms with van der Waals surface area (Å²) < 4.78 is 13.1. The number of anilines is 3. The van der Waals surface area contributed by atoms with Crippen LogP contribution in [0.25, 0.3) is 0 Å². The van der Waals surface area contributed by atoms with Gasteiger partial charge in [-0.15, -0.1) is 0 Å². The lowest BCUT2D eigenvalue weighted by atomic mass is 10.2. The van der Waals surface area contributed by atoms with E-state index in [-0.39, 0.29) is 11.6 Å². The average molecular weight is 299 g/mol. The van der Waals surface area contributed by atoms with Gasteiger partial charge in [-0.1, -0.05) is 18.2 Å². The van der Waals surface area contributed by atoms with Crippen molar-refractivity contribution in [2.45, 2.75) is 12.8 Å². The number of carbonyl (C=O) groups is 1. The molecule has 0 atom stereocenters. The number of carbonyl (C=O) groups excluding carboxylic acids is 1. The molecule has 22 heavy (non-hydrogen) atoms. The van der Waals surface area contributed by atoms with Crippen molar-refractivity contribution in [2.24, 2.45) is 0 Å². The molecule has 1 aliphatic heterocycles. The maximum atomic E-state index is 13.1. The summed E-state index contributed by atoms with van der Waals surface area (Å²) in [6, 6.07) is 12.4. The van der Waals surface area contributed by atoms with Crippen molar-refractivity contribution in [3.63, 3.8) is 0 Å². The highest BCUT2D eigenvalue weighted by Crippen LogP contribution is 2.27. The zero-order valence-corrected chi connectivity index (χ0v) is 12.2. The monoisotopic (exact) mass is 299 g/mol. The van der Waals surface area contributed by atoms with E-state index in [0.717, 1.165) is 13.0 Å². The smallest absolute Gasteiger partial charge is 0.226 e. The van der Waals surface area contributed by atoms with E-state index in [1.807, 2.05) is 12.1 Å². The van der Waals surface area contributed by atoms with Crippen molar-refractivity contribution in [3.05, 3.63) is 53.8 Å². The fourth-order valence-corrected chi connectivity index (χ4v) is 2.72. The zero-order chi connectivity index (χ0) is 15.5. The normalized spacial score (nSPS) is 13.0. The lowest BCUT2D eigenvalue weighted by Crippen LogP contribution is -2.26. The van der Waals surface area contributed by atoms with Crippen LogP contribution in [0.1, 0.15) is 12.0 Å². The first-order valence-corrected chi connectivity index (χ1v) is 7.31.